The number of aryl methyl sites for hydroxylation is 1. The van der Waals surface area contributed by atoms with Crippen LogP contribution >= 0.6 is 11.6 Å². The Morgan fingerprint density at radius 3 is 2.67 bits per heavy atom. The van der Waals surface area contributed by atoms with Gasteiger partial charge in [-0.15, -0.1) is 0 Å². The van der Waals surface area contributed by atoms with Crippen LogP contribution in [0.15, 0.2) is 58.0 Å². The largest absolute Gasteiger partial charge is 0.442 e. The van der Waals surface area contributed by atoms with E-state index in [0.717, 1.165) is 5.56 Å². The Morgan fingerprint density at radius 1 is 1.20 bits per heavy atom. The Kier molecular flexibility index (Phi) is 5.13. The van der Waals surface area contributed by atoms with Crippen LogP contribution in [0.2, 0.25) is 5.02 Å². The lowest BCUT2D eigenvalue weighted by atomic mass is 10.1. The number of aromatic nitrogens is 2. The van der Waals surface area contributed by atoms with Crippen molar-refractivity contribution in [2.75, 3.05) is 5.32 Å². The average Bonchev–Trinajstić information content (AvgIpc) is 3.06. The molecule has 0 saturated heterocycles. The molecule has 0 saturated carbocycles. The highest BCUT2D eigenvalue weighted by atomic mass is 35.5. The van der Waals surface area contributed by atoms with Gasteiger partial charge in [-0.05, 0) is 49.2 Å². The summed E-state index contributed by atoms with van der Waals surface area (Å²) in [5.41, 5.74) is 1.76. The normalized spacial score (nSPS) is 11.1. The van der Waals surface area contributed by atoms with Crippen molar-refractivity contribution in [3.05, 3.63) is 92.4 Å². The van der Waals surface area contributed by atoms with Gasteiger partial charge in [-0.1, -0.05) is 29.8 Å². The second-order valence-electron chi connectivity index (χ2n) is 6.88. The number of carbonyl (C=O) groups is 1. The minimum atomic E-state index is -0.491. The average molecular weight is 426 g/mol. The number of carbonyl (C=O) groups excluding carboxylic acids is 1. The van der Waals surface area contributed by atoms with Crippen LogP contribution in [0.5, 0.6) is 0 Å². The van der Waals surface area contributed by atoms with E-state index in [0.29, 0.717) is 16.3 Å². The van der Waals surface area contributed by atoms with Gasteiger partial charge in [-0.2, -0.15) is 0 Å². The lowest BCUT2D eigenvalue weighted by Gasteiger charge is -2.09. The van der Waals surface area contributed by atoms with Gasteiger partial charge in [-0.3, -0.25) is 14.2 Å². The van der Waals surface area contributed by atoms with Crippen LogP contribution in [0, 0.1) is 19.7 Å². The summed E-state index contributed by atoms with van der Waals surface area (Å²) in [6.07, 6.45) is 1.35. The van der Waals surface area contributed by atoms with E-state index in [-0.39, 0.29) is 34.8 Å². The number of hydrogen-bond donors (Lipinski definition) is 1. The molecule has 0 radical (unpaired) electrons. The molecule has 0 fully saturated rings. The summed E-state index contributed by atoms with van der Waals surface area (Å²) in [5.74, 6) is -0.568. The van der Waals surface area contributed by atoms with Gasteiger partial charge in [0.25, 0.3) is 11.5 Å². The lowest BCUT2D eigenvalue weighted by molar-refractivity contribution is 0.102. The van der Waals surface area contributed by atoms with Crippen LogP contribution in [-0.4, -0.2) is 15.5 Å². The van der Waals surface area contributed by atoms with Gasteiger partial charge in [0.05, 0.1) is 12.1 Å². The first-order valence-electron chi connectivity index (χ1n) is 9.14. The Labute approximate surface area is 175 Å². The zero-order valence-corrected chi connectivity index (χ0v) is 17.0. The maximum atomic E-state index is 13.1. The van der Waals surface area contributed by atoms with Crippen LogP contribution in [-0.2, 0) is 6.54 Å². The van der Waals surface area contributed by atoms with E-state index in [2.05, 4.69) is 10.3 Å². The molecular formula is C22H17ClFN3O3. The molecule has 4 aromatic rings. The molecule has 0 aliphatic heterocycles. The first-order valence-corrected chi connectivity index (χ1v) is 9.52. The van der Waals surface area contributed by atoms with Crippen molar-refractivity contribution in [1.82, 2.24) is 9.55 Å². The fraction of sp³-hybridized carbons (Fsp3) is 0.136. The summed E-state index contributed by atoms with van der Waals surface area (Å²) in [5, 5.41) is 3.40. The van der Waals surface area contributed by atoms with E-state index in [1.807, 2.05) is 0 Å². The fourth-order valence-electron chi connectivity index (χ4n) is 3.24. The number of hydrogen-bond acceptors (Lipinski definition) is 4. The van der Waals surface area contributed by atoms with Gasteiger partial charge in [0, 0.05) is 10.7 Å². The van der Waals surface area contributed by atoms with Crippen molar-refractivity contribution >= 4 is 34.3 Å². The number of anilines is 1. The molecule has 8 heteroatoms. The molecule has 30 heavy (non-hydrogen) atoms. The van der Waals surface area contributed by atoms with Crippen molar-refractivity contribution in [1.29, 1.82) is 0 Å². The summed E-state index contributed by atoms with van der Waals surface area (Å²) in [4.78, 5) is 30.3. The minimum absolute atomic E-state index is 0.0841. The van der Waals surface area contributed by atoms with E-state index in [1.165, 1.54) is 23.0 Å². The van der Waals surface area contributed by atoms with E-state index in [9.17, 15) is 14.0 Å². The van der Waals surface area contributed by atoms with Crippen molar-refractivity contribution in [2.45, 2.75) is 20.4 Å². The number of nitrogens with zero attached hydrogens (tertiary/aromatic N) is 2. The summed E-state index contributed by atoms with van der Waals surface area (Å²) >= 11 is 6.12. The van der Waals surface area contributed by atoms with Gasteiger partial charge in [-0.25, -0.2) is 9.37 Å². The molecule has 2 aromatic carbocycles. The quantitative estimate of drug-likeness (QED) is 0.514. The molecule has 1 amide bonds. The summed E-state index contributed by atoms with van der Waals surface area (Å²) in [6.45, 7) is 3.57. The van der Waals surface area contributed by atoms with Crippen molar-refractivity contribution in [2.24, 2.45) is 0 Å². The first kappa shape index (κ1) is 19.8. The van der Waals surface area contributed by atoms with E-state index < -0.39 is 11.5 Å². The predicted octanol–water partition coefficient (Wildman–Crippen LogP) is 4.70. The third-order valence-corrected chi connectivity index (χ3v) is 5.27. The fourth-order valence-corrected chi connectivity index (χ4v) is 3.41. The van der Waals surface area contributed by atoms with Crippen molar-refractivity contribution < 1.29 is 13.6 Å². The highest BCUT2D eigenvalue weighted by Gasteiger charge is 2.23. The van der Waals surface area contributed by atoms with Crippen LogP contribution in [0.3, 0.4) is 0 Å². The molecule has 2 aromatic heterocycles. The maximum Gasteiger partial charge on any atom is 0.265 e. The molecule has 4 rings (SSSR count). The van der Waals surface area contributed by atoms with Crippen LogP contribution in [0.1, 0.15) is 27.2 Å². The number of fused-ring (bicyclic) bond motifs is 1. The van der Waals surface area contributed by atoms with E-state index in [1.54, 1.807) is 44.2 Å². The van der Waals surface area contributed by atoms with Gasteiger partial charge in [0.1, 0.15) is 23.3 Å². The summed E-state index contributed by atoms with van der Waals surface area (Å²) < 4.78 is 20.0. The standard InChI is InChI=1S/C22H17ClFN3O3/c1-12-16(23)4-3-5-17(12)26-20(28)18-13(2)30-21-19(18)22(29)27(11-25-21)10-14-6-8-15(24)9-7-14/h3-9,11H,10H2,1-2H3,(H,26,28). The molecule has 0 aliphatic carbocycles. The minimum Gasteiger partial charge on any atom is -0.442 e. The zero-order chi connectivity index (χ0) is 21.4. The molecular weight excluding hydrogens is 409 g/mol. The Morgan fingerprint density at radius 2 is 1.93 bits per heavy atom. The van der Waals surface area contributed by atoms with Crippen LogP contribution in [0.4, 0.5) is 10.1 Å². The number of nitrogens with one attached hydrogen (secondary N) is 1. The molecule has 1 N–H and O–H groups in total. The zero-order valence-electron chi connectivity index (χ0n) is 16.2. The van der Waals surface area contributed by atoms with Gasteiger partial charge < -0.3 is 9.73 Å². The van der Waals surface area contributed by atoms with Crippen molar-refractivity contribution in [3.8, 4) is 0 Å². The molecule has 0 unspecified atom stereocenters. The van der Waals surface area contributed by atoms with Crippen LogP contribution in [0.25, 0.3) is 11.1 Å². The molecule has 0 aliphatic rings. The second kappa shape index (κ2) is 7.76. The first-order chi connectivity index (χ1) is 14.3. The smallest absolute Gasteiger partial charge is 0.265 e. The Balaban J connectivity index is 1.75. The third kappa shape index (κ3) is 3.59. The Bertz CT molecular complexity index is 1330. The molecule has 152 valence electrons. The molecule has 0 bridgehead atoms. The molecule has 2 heterocycles. The number of benzene rings is 2. The van der Waals surface area contributed by atoms with Gasteiger partial charge >= 0.3 is 0 Å². The number of amides is 1. The third-order valence-electron chi connectivity index (χ3n) is 4.86. The van der Waals surface area contributed by atoms with E-state index >= 15 is 0 Å². The lowest BCUT2D eigenvalue weighted by Crippen LogP contribution is -2.23. The van der Waals surface area contributed by atoms with Crippen LogP contribution < -0.4 is 10.9 Å². The predicted molar refractivity (Wildman–Crippen MR) is 113 cm³/mol. The number of rotatable bonds is 4. The topological polar surface area (TPSA) is 77.1 Å². The SMILES string of the molecule is Cc1oc2ncn(Cc3ccc(F)cc3)c(=O)c2c1C(=O)Nc1cccc(Cl)c1C. The number of furan rings is 1. The second-order valence-corrected chi connectivity index (χ2v) is 7.29. The van der Waals surface area contributed by atoms with E-state index in [4.69, 9.17) is 16.0 Å². The summed E-state index contributed by atoms with van der Waals surface area (Å²) in [7, 11) is 0. The number of halogens is 2. The summed E-state index contributed by atoms with van der Waals surface area (Å²) in [6, 6.07) is 11.0. The molecule has 0 spiro atoms. The van der Waals surface area contributed by atoms with Gasteiger partial charge in [0.2, 0.25) is 5.71 Å². The van der Waals surface area contributed by atoms with Gasteiger partial charge in [0.15, 0.2) is 0 Å². The molecule has 6 nitrogen and oxygen atoms in total. The maximum absolute atomic E-state index is 13.1. The van der Waals surface area contributed by atoms with Crippen molar-refractivity contribution in [3.63, 3.8) is 0 Å². The Hall–Kier alpha value is -3.45. The highest BCUT2D eigenvalue weighted by molar-refractivity contribution is 6.31. The monoisotopic (exact) mass is 425 g/mol. The molecule has 0 atom stereocenters. The highest BCUT2D eigenvalue weighted by Crippen LogP contribution is 2.26.